The molecule has 0 aliphatic rings. The van der Waals surface area contributed by atoms with E-state index in [2.05, 4.69) is 68.7 Å². The second kappa shape index (κ2) is 45.8. The van der Waals surface area contributed by atoms with Crippen LogP contribution in [0.25, 0.3) is 34.2 Å². The molecule has 32 heteroatoms. The predicted octanol–water partition coefficient (Wildman–Crippen LogP) is 24.0. The van der Waals surface area contributed by atoms with E-state index < -0.39 is 21.5 Å². The Bertz CT molecular complexity index is 5250. The minimum Gasteiger partial charge on any atom is -0.489 e. The van der Waals surface area contributed by atoms with Crippen molar-refractivity contribution >= 4 is 34.5 Å². The first-order chi connectivity index (χ1) is 56.9. The number of halogens is 12. The average Bonchev–Trinajstić information content (AvgIpc) is 0.778. The molecule has 0 aliphatic carbocycles. The number of carbonyl (C=O) groups is 3. The van der Waals surface area contributed by atoms with Gasteiger partial charge in [-0.2, -0.15) is 26.3 Å². The zero-order chi connectivity index (χ0) is 88.3. The van der Waals surface area contributed by atoms with Gasteiger partial charge in [-0.25, -0.2) is 0 Å². The Labute approximate surface area is 701 Å². The van der Waals surface area contributed by atoms with Crippen molar-refractivity contribution in [2.75, 3.05) is 0 Å². The van der Waals surface area contributed by atoms with Crippen LogP contribution in [0.15, 0.2) is 256 Å². The molecule has 0 spiro atoms. The van der Waals surface area contributed by atoms with Crippen molar-refractivity contribution in [3.63, 3.8) is 0 Å². The Morgan fingerprint density at radius 1 is 0.289 bits per heavy atom. The van der Waals surface area contributed by atoms with E-state index in [4.69, 9.17) is 55.5 Å². The first-order valence-corrected chi connectivity index (χ1v) is 38.7. The molecule has 0 aliphatic heterocycles. The SMILES string of the molecule is CC#N.CC#N.CC#N.CC#N.CC#N.F[P-](F)(F)(F)(F)F.F[P-](F)(F)(F)(F)F.O=Cc1ccc(C#Cc2ccc(-c3ccc(COc4ccccc4C(c4ccccc4OCc4ccc(-c5ccc(C#Cc6ccc(C=O)cc6)cn5)nc4)c4ccccc4OCc4ccc(-c5ccc(C#Cc6ccc(C=O)cc6)cn5)nc4)cn3)nc2)cc1.[Ru+2]. The number of benzene rings is 6. The van der Waals surface area contributed by atoms with Gasteiger partial charge in [0.25, 0.3) is 0 Å². The largest absolute Gasteiger partial charge is 2.00 e. The van der Waals surface area contributed by atoms with Crippen LogP contribution in [0.2, 0.25) is 0 Å². The van der Waals surface area contributed by atoms with Crippen molar-refractivity contribution in [3.05, 3.63) is 339 Å². The first-order valence-electron chi connectivity index (χ1n) is 34.7. The summed E-state index contributed by atoms with van der Waals surface area (Å²) in [7, 11) is -21.3. The van der Waals surface area contributed by atoms with Gasteiger partial charge in [0.2, 0.25) is 0 Å². The molecule has 12 aromatic rings. The number of carbonyl (C=O) groups excluding carboxylic acids is 3. The summed E-state index contributed by atoms with van der Waals surface area (Å²) in [4.78, 5) is 61.4. The monoisotopic (exact) mass is 1780 g/mol. The number of ether oxygens (including phenoxy) is 3. The fraction of sp³-hybridized carbons (Fsp3) is 0.101. The van der Waals surface area contributed by atoms with Crippen LogP contribution in [-0.4, -0.2) is 48.8 Å². The number of hydrogen-bond donors (Lipinski definition) is 0. The van der Waals surface area contributed by atoms with Gasteiger partial charge in [-0.05, 0) is 109 Å². The molecule has 0 fully saturated rings. The van der Waals surface area contributed by atoms with Crippen molar-refractivity contribution in [1.29, 1.82) is 26.3 Å². The van der Waals surface area contributed by atoms with Gasteiger partial charge in [0.05, 0.1) is 64.5 Å². The molecule has 0 bridgehead atoms. The second-order valence-electron chi connectivity index (χ2n) is 23.9. The molecule has 12 rings (SSSR count). The van der Waals surface area contributed by atoms with Crippen molar-refractivity contribution in [2.45, 2.75) is 60.4 Å². The fourth-order valence-electron chi connectivity index (χ4n) is 9.75. The molecule has 0 atom stereocenters. The summed E-state index contributed by atoms with van der Waals surface area (Å²) in [5.74, 6) is 20.3. The van der Waals surface area contributed by atoms with E-state index >= 15 is 0 Å². The number of aromatic nitrogens is 6. The van der Waals surface area contributed by atoms with Crippen LogP contribution in [0, 0.1) is 92.2 Å². The van der Waals surface area contributed by atoms with Gasteiger partial charge >= 0.3 is 85.5 Å². The number of pyridine rings is 6. The summed E-state index contributed by atoms with van der Waals surface area (Å²) in [6.45, 7) is 7.85. The fourth-order valence-corrected chi connectivity index (χ4v) is 9.75. The Balaban J connectivity index is 0.000000890. The molecule has 0 unspecified atom stereocenters. The van der Waals surface area contributed by atoms with Crippen molar-refractivity contribution in [1.82, 2.24) is 29.9 Å². The number of para-hydroxylation sites is 3. The van der Waals surface area contributed by atoms with Crippen LogP contribution in [-0.2, 0) is 39.3 Å². The summed E-state index contributed by atoms with van der Waals surface area (Å²) >= 11 is 0. The van der Waals surface area contributed by atoms with Crippen LogP contribution in [0.4, 0.5) is 50.4 Å². The molecular weight excluding hydrogens is 1710 g/mol. The summed E-state index contributed by atoms with van der Waals surface area (Å²) in [5, 5.41) is 36.6. The van der Waals surface area contributed by atoms with E-state index in [0.717, 1.165) is 85.6 Å². The van der Waals surface area contributed by atoms with Gasteiger partial charge < -0.3 is 14.2 Å². The quantitative estimate of drug-likeness (QED) is 0.0193. The minimum absolute atomic E-state index is 0. The molecule has 121 heavy (non-hydrogen) atoms. The average molecular weight is 1780 g/mol. The first kappa shape index (κ1) is 98.8. The third kappa shape index (κ3) is 39.7. The Hall–Kier alpha value is -14.6. The third-order valence-corrected chi connectivity index (χ3v) is 14.6. The number of hydrogen-bond acceptors (Lipinski definition) is 17. The minimum atomic E-state index is -10.7. The molecule has 616 valence electrons. The molecule has 0 saturated heterocycles. The molecule has 17 nitrogen and oxygen atoms in total. The van der Waals surface area contributed by atoms with Crippen molar-refractivity contribution in [3.8, 4) is 117 Å². The molecule has 6 aromatic carbocycles. The molecule has 6 aromatic heterocycles. The van der Waals surface area contributed by atoms with E-state index in [1.165, 1.54) is 34.6 Å². The Kier molecular flexibility index (Phi) is 37.4. The zero-order valence-electron chi connectivity index (χ0n) is 64.3. The van der Waals surface area contributed by atoms with E-state index in [1.54, 1.807) is 104 Å². The van der Waals surface area contributed by atoms with Gasteiger partial charge in [0.1, 0.15) is 55.9 Å². The smallest absolute Gasteiger partial charge is 0.489 e. The second-order valence-corrected chi connectivity index (χ2v) is 27.7. The normalized spacial score (nSPS) is 10.9. The maximum Gasteiger partial charge on any atom is 2.00 e. The molecule has 0 N–H and O–H groups in total. The van der Waals surface area contributed by atoms with Crippen LogP contribution in [0.1, 0.15) is 138 Å². The van der Waals surface area contributed by atoms with E-state index in [-0.39, 0.29) is 39.3 Å². The summed E-state index contributed by atoms with van der Waals surface area (Å²) in [6.07, 6.45) is 13.0. The van der Waals surface area contributed by atoms with Gasteiger partial charge in [0.15, 0.2) is 0 Å². The van der Waals surface area contributed by atoms with Crippen LogP contribution in [0.3, 0.4) is 0 Å². The molecule has 6 heterocycles. The maximum atomic E-state index is 11.1. The number of rotatable bonds is 18. The summed E-state index contributed by atoms with van der Waals surface area (Å²) in [6, 6.07) is 77.4. The summed E-state index contributed by atoms with van der Waals surface area (Å²) in [5.41, 5.74) is 15.9. The molecule has 0 amide bonds. The summed E-state index contributed by atoms with van der Waals surface area (Å²) < 4.78 is 139. The number of aldehydes is 3. The molecule has 0 radical (unpaired) electrons. The van der Waals surface area contributed by atoms with Gasteiger partial charge in [-0.1, -0.05) is 145 Å². The maximum absolute atomic E-state index is 11.1. The number of nitrogens with zero attached hydrogens (tertiary/aromatic N) is 11. The van der Waals surface area contributed by atoms with E-state index in [1.807, 2.05) is 164 Å². The zero-order valence-corrected chi connectivity index (χ0v) is 67.9. The van der Waals surface area contributed by atoms with Gasteiger partial charge in [-0.15, -0.1) is 0 Å². The van der Waals surface area contributed by atoms with E-state index in [9.17, 15) is 64.7 Å². The Morgan fingerprint density at radius 3 is 0.653 bits per heavy atom. The standard InChI is InChI=1S/C79H52N6O6.5C2H3N.2F6P.Ru/c86-49-61-25-16-55(17-26-61)13-22-58-31-37-70(80-43-58)73-40-34-64(46-83-73)52-89-76-10-4-1-7-67(76)79(68-8-2-5-11-77(68)90-53-65-35-41-74(84-47-65)71-38-32-59(44-81-71)23-14-56-18-27-62(50-87)28-19-56)69-9-3-6-12-78(69)91-54-66-36-42-75(85-48-66)72-39-33-60(45-82-72)24-15-57-20-29-63(51-88)30-21-57;5*1-2-3;2*1-7(2,3,4,5)6;/h1-12,16-21,25-51,79H,52-54H2;5*1H3;;;/q;;;;;;2*-1;+2. The van der Waals surface area contributed by atoms with Crippen molar-refractivity contribution < 1.29 is 98.4 Å². The van der Waals surface area contributed by atoms with Crippen LogP contribution >= 0.6 is 15.6 Å². The molecular formula is C89H67F12N11O6P2Ru. The van der Waals surface area contributed by atoms with Crippen LogP contribution < -0.4 is 14.2 Å². The predicted molar refractivity (Wildman–Crippen MR) is 433 cm³/mol. The van der Waals surface area contributed by atoms with Crippen molar-refractivity contribution in [2.24, 2.45) is 0 Å². The Morgan fingerprint density at radius 2 is 0.471 bits per heavy atom. The third-order valence-electron chi connectivity index (χ3n) is 14.6. The topological polar surface area (TPSA) is 275 Å². The van der Waals surface area contributed by atoms with E-state index in [0.29, 0.717) is 68.1 Å². The number of nitriles is 5. The van der Waals surface area contributed by atoms with Crippen LogP contribution in [0.5, 0.6) is 17.2 Å². The van der Waals surface area contributed by atoms with Gasteiger partial charge in [0, 0.05) is 161 Å². The molecule has 0 saturated carbocycles. The van der Waals surface area contributed by atoms with Gasteiger partial charge in [-0.3, -0.25) is 44.3 Å².